The monoisotopic (exact) mass is 732 g/mol. The fourth-order valence-corrected chi connectivity index (χ4v) is 4.73. The third kappa shape index (κ3) is 38.0. The van der Waals surface area contributed by atoms with Crippen molar-refractivity contribution in [2.75, 3.05) is 13.2 Å². The number of phosphoric ester groups is 1. The number of unbranched alkanes of at least 4 members (excludes halogenated alkanes) is 6. The SMILES string of the molecule is CC/C=C\C(O)C/C=C/C=C\C/C=C\C/C=C\CCCC(=O)O[C@H](COC(=O)CCCC/C=C\C/C=C\C/C=C\CCCCC)COP(=O)(O)O. The number of ether oxygens (including phenoxy) is 2. The molecule has 0 radical (unpaired) electrons. The van der Waals surface area contributed by atoms with Crippen LogP contribution < -0.4 is 0 Å². The molecule has 51 heavy (non-hydrogen) atoms. The standard InChI is InChI=1S/C41H65O9P/c1-3-5-7-8-9-10-11-12-13-14-18-21-24-27-30-34-40(43)48-36-39(37-49-51(45,46)47)50-41(44)35-31-28-25-22-19-16-15-17-20-23-26-29-33-38(42)32-6-4-2/h6,9-10,12-13,15-16,18,20-23,25-26,29,32,38-39,42H,3-5,7-8,11,14,17,19,24,27-28,30-31,33-37H2,1-2H3,(H2,45,46,47)/b10-9-,13-12-,16-15-,21-18-,23-20-,25-22-,29-26+,32-6-/t38?,39-/m1/s1. The predicted molar refractivity (Wildman–Crippen MR) is 208 cm³/mol. The van der Waals surface area contributed by atoms with E-state index in [2.05, 4.69) is 60.1 Å². The van der Waals surface area contributed by atoms with Gasteiger partial charge < -0.3 is 24.4 Å². The van der Waals surface area contributed by atoms with Crippen molar-refractivity contribution >= 4 is 19.8 Å². The zero-order valence-electron chi connectivity index (χ0n) is 31.1. The van der Waals surface area contributed by atoms with E-state index in [-0.39, 0.29) is 19.4 Å². The third-order valence-electron chi connectivity index (χ3n) is 7.16. The normalized spacial score (nSPS) is 14.2. The van der Waals surface area contributed by atoms with Crippen molar-refractivity contribution in [3.63, 3.8) is 0 Å². The summed E-state index contributed by atoms with van der Waals surface area (Å²) in [6, 6.07) is 0. The van der Waals surface area contributed by atoms with Crippen LogP contribution in [0, 0.1) is 0 Å². The van der Waals surface area contributed by atoms with Gasteiger partial charge in [-0.15, -0.1) is 0 Å². The summed E-state index contributed by atoms with van der Waals surface area (Å²) >= 11 is 0. The maximum absolute atomic E-state index is 12.3. The van der Waals surface area contributed by atoms with Gasteiger partial charge in [-0.25, -0.2) is 4.57 Å². The first-order valence-electron chi connectivity index (χ1n) is 18.6. The number of esters is 2. The highest BCUT2D eigenvalue weighted by Crippen LogP contribution is 2.35. The van der Waals surface area contributed by atoms with E-state index >= 15 is 0 Å². The molecule has 0 aliphatic heterocycles. The second kappa shape index (κ2) is 35.3. The summed E-state index contributed by atoms with van der Waals surface area (Å²) in [6.45, 7) is 3.31. The zero-order chi connectivity index (χ0) is 37.7. The molecule has 0 fully saturated rings. The first-order chi connectivity index (χ1) is 24.7. The molecule has 1 unspecified atom stereocenters. The predicted octanol–water partition coefficient (Wildman–Crippen LogP) is 10.0. The molecule has 0 aromatic carbocycles. The molecule has 0 rings (SSSR count). The van der Waals surface area contributed by atoms with Crippen molar-refractivity contribution in [2.45, 2.75) is 135 Å². The van der Waals surface area contributed by atoms with Gasteiger partial charge in [0.2, 0.25) is 0 Å². The Morgan fingerprint density at radius 2 is 1.16 bits per heavy atom. The maximum Gasteiger partial charge on any atom is 0.469 e. The summed E-state index contributed by atoms with van der Waals surface area (Å²) in [5.74, 6) is -1.03. The number of allylic oxidation sites excluding steroid dienone is 14. The van der Waals surface area contributed by atoms with Crippen LogP contribution in [0.15, 0.2) is 97.2 Å². The van der Waals surface area contributed by atoms with E-state index < -0.39 is 38.6 Å². The Balaban J connectivity index is 4.22. The molecule has 0 saturated carbocycles. The highest BCUT2D eigenvalue weighted by atomic mass is 31.2. The molecule has 10 heteroatoms. The molecule has 0 heterocycles. The summed E-state index contributed by atoms with van der Waals surface area (Å²) in [6.07, 6.45) is 44.8. The van der Waals surface area contributed by atoms with Gasteiger partial charge >= 0.3 is 19.8 Å². The number of hydrogen-bond acceptors (Lipinski definition) is 7. The first kappa shape index (κ1) is 47.9. The molecule has 288 valence electrons. The van der Waals surface area contributed by atoms with Gasteiger partial charge in [-0.3, -0.25) is 14.1 Å². The van der Waals surface area contributed by atoms with Crippen LogP contribution >= 0.6 is 7.82 Å². The molecule has 0 aromatic heterocycles. The van der Waals surface area contributed by atoms with Crippen LogP contribution in [0.4, 0.5) is 0 Å². The molecule has 0 spiro atoms. The number of hydrogen-bond donors (Lipinski definition) is 3. The van der Waals surface area contributed by atoms with Crippen molar-refractivity contribution in [2.24, 2.45) is 0 Å². The molecule has 0 saturated heterocycles. The van der Waals surface area contributed by atoms with E-state index in [0.717, 1.165) is 51.4 Å². The van der Waals surface area contributed by atoms with Crippen LogP contribution in [0.3, 0.4) is 0 Å². The Kier molecular flexibility index (Phi) is 33.2. The van der Waals surface area contributed by atoms with Crippen LogP contribution in [0.1, 0.15) is 123 Å². The third-order valence-corrected chi connectivity index (χ3v) is 7.65. The largest absolute Gasteiger partial charge is 0.469 e. The second-order valence-corrected chi connectivity index (χ2v) is 13.2. The average molecular weight is 733 g/mol. The first-order valence-corrected chi connectivity index (χ1v) is 20.2. The minimum absolute atomic E-state index is 0.101. The van der Waals surface area contributed by atoms with E-state index in [1.807, 2.05) is 49.5 Å². The summed E-state index contributed by atoms with van der Waals surface area (Å²) in [4.78, 5) is 42.7. The van der Waals surface area contributed by atoms with E-state index in [1.165, 1.54) is 19.3 Å². The van der Waals surface area contributed by atoms with Crippen molar-refractivity contribution in [1.29, 1.82) is 0 Å². The lowest BCUT2D eigenvalue weighted by atomic mass is 10.1. The van der Waals surface area contributed by atoms with Crippen LogP contribution in [0.5, 0.6) is 0 Å². The molecular weight excluding hydrogens is 667 g/mol. The summed E-state index contributed by atoms with van der Waals surface area (Å²) in [5, 5.41) is 9.73. The fourth-order valence-electron chi connectivity index (χ4n) is 4.37. The smallest absolute Gasteiger partial charge is 0.462 e. The number of carbonyl (C=O) groups excluding carboxylic acids is 2. The van der Waals surface area contributed by atoms with Gasteiger partial charge in [-0.05, 0) is 83.5 Å². The van der Waals surface area contributed by atoms with E-state index in [4.69, 9.17) is 19.3 Å². The number of rotatable bonds is 32. The average Bonchev–Trinajstić information content (AvgIpc) is 3.09. The number of phosphoric acid groups is 1. The molecule has 0 aromatic rings. The van der Waals surface area contributed by atoms with Crippen molar-refractivity contribution < 1.29 is 43.0 Å². The topological polar surface area (TPSA) is 140 Å². The van der Waals surface area contributed by atoms with Gasteiger partial charge in [0.1, 0.15) is 6.61 Å². The summed E-state index contributed by atoms with van der Waals surface area (Å²) < 4.78 is 26.2. The molecule has 9 nitrogen and oxygen atoms in total. The number of carbonyl (C=O) groups is 2. The van der Waals surface area contributed by atoms with E-state index in [1.54, 1.807) is 6.08 Å². The van der Waals surface area contributed by atoms with Crippen LogP contribution in [-0.4, -0.2) is 52.3 Å². The minimum Gasteiger partial charge on any atom is -0.462 e. The highest BCUT2D eigenvalue weighted by molar-refractivity contribution is 7.46. The zero-order valence-corrected chi connectivity index (χ0v) is 32.0. The van der Waals surface area contributed by atoms with Crippen molar-refractivity contribution in [3.8, 4) is 0 Å². The van der Waals surface area contributed by atoms with Crippen LogP contribution in [0.25, 0.3) is 0 Å². The molecular formula is C41H65O9P. The highest BCUT2D eigenvalue weighted by Gasteiger charge is 2.22. The van der Waals surface area contributed by atoms with Gasteiger partial charge in [-0.1, -0.05) is 124 Å². The lowest BCUT2D eigenvalue weighted by molar-refractivity contribution is -0.161. The van der Waals surface area contributed by atoms with Gasteiger partial charge in [-0.2, -0.15) is 0 Å². The van der Waals surface area contributed by atoms with Gasteiger partial charge in [0.25, 0.3) is 0 Å². The summed E-state index contributed by atoms with van der Waals surface area (Å²) in [7, 11) is -4.79. The maximum atomic E-state index is 12.3. The Morgan fingerprint density at radius 1 is 0.627 bits per heavy atom. The van der Waals surface area contributed by atoms with Crippen LogP contribution in [0.2, 0.25) is 0 Å². The Morgan fingerprint density at radius 3 is 1.75 bits per heavy atom. The fraction of sp³-hybridized carbons (Fsp3) is 0.561. The van der Waals surface area contributed by atoms with Crippen molar-refractivity contribution in [3.05, 3.63) is 97.2 Å². The minimum atomic E-state index is -4.79. The van der Waals surface area contributed by atoms with Gasteiger partial charge in [0.15, 0.2) is 6.10 Å². The van der Waals surface area contributed by atoms with Gasteiger partial charge in [0.05, 0.1) is 12.7 Å². The van der Waals surface area contributed by atoms with Gasteiger partial charge in [0, 0.05) is 12.8 Å². The molecule has 0 bridgehead atoms. The molecule has 0 amide bonds. The van der Waals surface area contributed by atoms with E-state index in [0.29, 0.717) is 25.7 Å². The lowest BCUT2D eigenvalue weighted by Crippen LogP contribution is -2.29. The second-order valence-electron chi connectivity index (χ2n) is 12.0. The molecule has 0 aliphatic carbocycles. The molecule has 2 atom stereocenters. The Labute approximate surface area is 307 Å². The number of aliphatic hydroxyl groups excluding tert-OH is 1. The Hall–Kier alpha value is -3.07. The van der Waals surface area contributed by atoms with E-state index in [9.17, 15) is 19.3 Å². The van der Waals surface area contributed by atoms with Crippen LogP contribution in [-0.2, 0) is 28.2 Å². The summed E-state index contributed by atoms with van der Waals surface area (Å²) in [5.41, 5.74) is 0. The number of aliphatic hydroxyl groups is 1. The Bertz CT molecular complexity index is 1160. The molecule has 0 aliphatic rings. The lowest BCUT2D eigenvalue weighted by Gasteiger charge is -2.18. The molecule has 3 N–H and O–H groups in total. The quantitative estimate of drug-likeness (QED) is 0.0203. The van der Waals surface area contributed by atoms with Crippen molar-refractivity contribution in [1.82, 2.24) is 0 Å².